The number of benzene rings is 2. The van der Waals surface area contributed by atoms with Gasteiger partial charge in [-0.3, -0.25) is 0 Å². The van der Waals surface area contributed by atoms with Crippen molar-refractivity contribution in [3.05, 3.63) is 107 Å². The zero-order valence-electron chi connectivity index (χ0n) is 23.9. The Kier molecular flexibility index (Phi) is 6.77. The first-order valence-electron chi connectivity index (χ1n) is 13.9. The number of hydrogen-bond donors (Lipinski definition) is 0. The van der Waals surface area contributed by atoms with Crippen LogP contribution in [0.1, 0.15) is 33.8 Å². The van der Waals surface area contributed by atoms with E-state index in [1.807, 2.05) is 38.1 Å². The van der Waals surface area contributed by atoms with Crippen LogP contribution < -0.4 is 0 Å². The first-order chi connectivity index (χ1) is 22.1. The molecule has 220 valence electrons. The van der Waals surface area contributed by atoms with Crippen LogP contribution in [-0.4, -0.2) is 32.8 Å². The highest BCUT2D eigenvalue weighted by Gasteiger charge is 2.19. The summed E-state index contributed by atoms with van der Waals surface area (Å²) in [5.41, 5.74) is 7.59. The number of nitrogens with zero attached hydrogens (tertiary/aromatic N) is 6. The van der Waals surface area contributed by atoms with Crippen molar-refractivity contribution < 1.29 is 17.7 Å². The minimum absolute atomic E-state index is 0.527. The second-order valence-electron chi connectivity index (χ2n) is 10.4. The molecule has 6 heterocycles. The van der Waals surface area contributed by atoms with E-state index in [4.69, 9.17) is 17.7 Å². The van der Waals surface area contributed by atoms with E-state index in [0.717, 1.165) is 65.3 Å². The summed E-state index contributed by atoms with van der Waals surface area (Å²) in [5, 5.41) is 22.0. The quantitative estimate of drug-likeness (QED) is 0.152. The van der Waals surface area contributed by atoms with Crippen LogP contribution in [0.4, 0.5) is 10.3 Å². The number of furan rings is 4. The fourth-order valence-corrected chi connectivity index (χ4v) is 6.52. The van der Waals surface area contributed by atoms with Gasteiger partial charge in [0.05, 0.1) is 48.6 Å². The Bertz CT molecular complexity index is 2170. The summed E-state index contributed by atoms with van der Waals surface area (Å²) in [6.45, 7) is 4.08. The van der Waals surface area contributed by atoms with Crippen LogP contribution in [0.25, 0.3) is 43.1 Å². The Labute approximate surface area is 263 Å². The third-order valence-electron chi connectivity index (χ3n) is 7.24. The zero-order chi connectivity index (χ0) is 30.3. The number of aliphatic imine (C=N–C) groups is 2. The molecule has 0 saturated carbocycles. The molecule has 0 aliphatic heterocycles. The second-order valence-corrected chi connectivity index (χ2v) is 12.3. The van der Waals surface area contributed by atoms with Gasteiger partial charge in [0.15, 0.2) is 10.0 Å². The van der Waals surface area contributed by atoms with Gasteiger partial charge in [0.25, 0.3) is 0 Å². The van der Waals surface area contributed by atoms with E-state index in [2.05, 4.69) is 54.6 Å². The van der Waals surface area contributed by atoms with Gasteiger partial charge in [0.2, 0.25) is 10.3 Å². The third kappa shape index (κ3) is 5.30. The van der Waals surface area contributed by atoms with Crippen molar-refractivity contribution in [2.45, 2.75) is 20.3 Å². The molecule has 2 aromatic carbocycles. The van der Waals surface area contributed by atoms with Crippen LogP contribution >= 0.6 is 22.7 Å². The largest absolute Gasteiger partial charge is 0.463 e. The summed E-state index contributed by atoms with van der Waals surface area (Å²) in [6.07, 6.45) is 10.7. The van der Waals surface area contributed by atoms with Gasteiger partial charge in [-0.05, 0) is 91.1 Å². The Hall–Kier alpha value is -5.46. The standard InChI is InChI=1S/C33H22N6O4S2/c1-18-16-42-28-24(18)10-20(12-26(28)30-36-38-32(44-30)34-14-22-5-3-7-40-22)9-21-11-25-19(2)17-43-29(25)27(13-21)31-37-39-33(45-31)35-15-23-6-4-8-41-23/h3-8,10-17H,9H2,1-2H3/b34-14+,35-15+. The maximum absolute atomic E-state index is 6.00. The van der Waals surface area contributed by atoms with Crippen LogP contribution in [0.2, 0.25) is 0 Å². The van der Waals surface area contributed by atoms with Gasteiger partial charge in [-0.15, -0.1) is 20.4 Å². The van der Waals surface area contributed by atoms with E-state index in [0.29, 0.717) is 28.2 Å². The third-order valence-corrected chi connectivity index (χ3v) is 8.97. The lowest BCUT2D eigenvalue weighted by atomic mass is 9.97. The van der Waals surface area contributed by atoms with Crippen molar-refractivity contribution in [2.75, 3.05) is 0 Å². The van der Waals surface area contributed by atoms with E-state index in [9.17, 15) is 0 Å². The summed E-state index contributed by atoms with van der Waals surface area (Å²) in [7, 11) is 0. The van der Waals surface area contributed by atoms with E-state index in [-0.39, 0.29) is 0 Å². The second kappa shape index (κ2) is 11.2. The molecule has 0 amide bonds. The lowest BCUT2D eigenvalue weighted by molar-refractivity contribution is 0.560. The topological polar surface area (TPSA) is 129 Å². The van der Waals surface area contributed by atoms with Crippen LogP contribution in [0.15, 0.2) is 101 Å². The molecule has 0 saturated heterocycles. The molecule has 12 heteroatoms. The summed E-state index contributed by atoms with van der Waals surface area (Å²) in [6, 6.07) is 15.9. The van der Waals surface area contributed by atoms with Crippen LogP contribution in [0.5, 0.6) is 0 Å². The zero-order valence-corrected chi connectivity index (χ0v) is 25.6. The van der Waals surface area contributed by atoms with E-state index in [1.165, 1.54) is 22.7 Å². The van der Waals surface area contributed by atoms with Crippen LogP contribution in [0, 0.1) is 13.8 Å². The molecule has 0 N–H and O–H groups in total. The summed E-state index contributed by atoms with van der Waals surface area (Å²) < 4.78 is 22.7. The molecule has 0 unspecified atom stereocenters. The van der Waals surface area contributed by atoms with Crippen molar-refractivity contribution in [1.82, 2.24) is 20.4 Å². The van der Waals surface area contributed by atoms with Gasteiger partial charge in [-0.1, -0.05) is 22.7 Å². The normalized spacial score (nSPS) is 12.1. The molecule has 10 nitrogen and oxygen atoms in total. The molecule has 0 radical (unpaired) electrons. The van der Waals surface area contributed by atoms with Crippen LogP contribution in [-0.2, 0) is 6.42 Å². The predicted octanol–water partition coefficient (Wildman–Crippen LogP) is 9.11. The highest BCUT2D eigenvalue weighted by molar-refractivity contribution is 7.18. The maximum Gasteiger partial charge on any atom is 0.232 e. The van der Waals surface area contributed by atoms with Crippen molar-refractivity contribution in [3.8, 4) is 21.1 Å². The number of hydrogen-bond acceptors (Lipinski definition) is 12. The fourth-order valence-electron chi connectivity index (χ4n) is 5.12. The summed E-state index contributed by atoms with van der Waals surface area (Å²) in [4.78, 5) is 8.86. The average molecular weight is 631 g/mol. The molecule has 0 aliphatic rings. The van der Waals surface area contributed by atoms with Gasteiger partial charge in [0.1, 0.15) is 22.7 Å². The Morgan fingerprint density at radius 2 is 1.13 bits per heavy atom. The SMILES string of the molecule is Cc1coc2c(-c3nnc(/N=C/c4ccco4)s3)cc(Cc3cc(-c4nnc(/N=C/c5ccco5)s4)c4occ(C)c4c3)cc12. The summed E-state index contributed by atoms with van der Waals surface area (Å²) >= 11 is 2.78. The monoisotopic (exact) mass is 630 g/mol. The molecular formula is C33H22N6O4S2. The molecule has 8 rings (SSSR count). The van der Waals surface area contributed by atoms with Gasteiger partial charge in [-0.25, -0.2) is 9.98 Å². The highest BCUT2D eigenvalue weighted by atomic mass is 32.1. The average Bonchev–Trinajstić information content (AvgIpc) is 3.90. The number of aryl methyl sites for hydroxylation is 2. The fraction of sp³-hybridized carbons (Fsp3) is 0.0909. The van der Waals surface area contributed by atoms with Gasteiger partial charge in [-0.2, -0.15) is 0 Å². The van der Waals surface area contributed by atoms with E-state index >= 15 is 0 Å². The Balaban J connectivity index is 1.15. The van der Waals surface area contributed by atoms with Gasteiger partial charge in [0, 0.05) is 10.8 Å². The number of rotatable bonds is 8. The lowest BCUT2D eigenvalue weighted by Gasteiger charge is -2.08. The molecule has 8 aromatic rings. The van der Waals surface area contributed by atoms with Crippen molar-refractivity contribution in [2.24, 2.45) is 9.98 Å². The smallest absolute Gasteiger partial charge is 0.232 e. The molecule has 45 heavy (non-hydrogen) atoms. The molecular weight excluding hydrogens is 609 g/mol. The van der Waals surface area contributed by atoms with Crippen molar-refractivity contribution in [3.63, 3.8) is 0 Å². The minimum atomic E-state index is 0.527. The van der Waals surface area contributed by atoms with Gasteiger partial charge < -0.3 is 17.7 Å². The molecule has 0 aliphatic carbocycles. The molecule has 0 fully saturated rings. The predicted molar refractivity (Wildman–Crippen MR) is 174 cm³/mol. The molecule has 0 bridgehead atoms. The molecule has 0 atom stereocenters. The number of fused-ring (bicyclic) bond motifs is 2. The van der Waals surface area contributed by atoms with E-state index in [1.54, 1.807) is 37.5 Å². The first kappa shape index (κ1) is 27.1. The lowest BCUT2D eigenvalue weighted by Crippen LogP contribution is -1.92. The Morgan fingerprint density at radius 1 is 0.644 bits per heavy atom. The van der Waals surface area contributed by atoms with Crippen molar-refractivity contribution >= 4 is 67.3 Å². The Morgan fingerprint density at radius 3 is 1.58 bits per heavy atom. The molecule has 6 aromatic heterocycles. The van der Waals surface area contributed by atoms with Crippen molar-refractivity contribution in [1.29, 1.82) is 0 Å². The highest BCUT2D eigenvalue weighted by Crippen LogP contribution is 2.39. The number of aromatic nitrogens is 4. The van der Waals surface area contributed by atoms with Crippen LogP contribution in [0.3, 0.4) is 0 Å². The van der Waals surface area contributed by atoms with Gasteiger partial charge >= 0.3 is 0 Å². The maximum atomic E-state index is 6.00. The summed E-state index contributed by atoms with van der Waals surface area (Å²) in [5.74, 6) is 1.29. The van der Waals surface area contributed by atoms with E-state index < -0.39 is 0 Å². The first-order valence-corrected chi connectivity index (χ1v) is 15.5. The minimum Gasteiger partial charge on any atom is -0.463 e. The molecule has 0 spiro atoms.